The lowest BCUT2D eigenvalue weighted by Gasteiger charge is -2.14. The molecule has 2 N–H and O–H groups in total. The Morgan fingerprint density at radius 1 is 1.29 bits per heavy atom. The molecule has 0 spiro atoms. The van der Waals surface area contributed by atoms with Gasteiger partial charge in [0.25, 0.3) is 0 Å². The third-order valence-electron chi connectivity index (χ3n) is 2.52. The highest BCUT2D eigenvalue weighted by atomic mass is 19.4. The van der Waals surface area contributed by atoms with Crippen molar-refractivity contribution in [2.45, 2.75) is 39.1 Å². The number of carbonyl (C=O) groups is 1. The normalized spacial score (nSPS) is 11.5. The summed E-state index contributed by atoms with van der Waals surface area (Å²) in [6.45, 7) is 4.65. The van der Waals surface area contributed by atoms with Gasteiger partial charge in [-0.05, 0) is 25.1 Å². The topological polar surface area (TPSA) is 50.4 Å². The van der Waals surface area contributed by atoms with Gasteiger partial charge in [-0.3, -0.25) is 4.79 Å². The van der Waals surface area contributed by atoms with Gasteiger partial charge in [-0.1, -0.05) is 26.0 Å². The summed E-state index contributed by atoms with van der Waals surface area (Å²) in [7, 11) is 0. The van der Waals surface area contributed by atoms with Crippen LogP contribution in [0.25, 0.3) is 0 Å². The fourth-order valence-electron chi connectivity index (χ4n) is 1.64. The van der Waals surface area contributed by atoms with Gasteiger partial charge in [-0.2, -0.15) is 0 Å². The first-order valence-corrected chi connectivity index (χ1v) is 6.66. The molecule has 0 aromatic heterocycles. The van der Waals surface area contributed by atoms with Crippen LogP contribution in [0.1, 0.15) is 26.7 Å². The molecule has 4 nitrogen and oxygen atoms in total. The molecule has 0 fully saturated rings. The first-order valence-electron chi connectivity index (χ1n) is 6.66. The minimum Gasteiger partial charge on any atom is -0.404 e. The van der Waals surface area contributed by atoms with E-state index < -0.39 is 12.1 Å². The number of hydrogen-bond donors (Lipinski definition) is 2. The predicted octanol–water partition coefficient (Wildman–Crippen LogP) is 3.30. The van der Waals surface area contributed by atoms with Crippen LogP contribution in [0.15, 0.2) is 24.3 Å². The summed E-state index contributed by atoms with van der Waals surface area (Å²) in [6.07, 6.45) is -3.96. The van der Waals surface area contributed by atoms with Crippen LogP contribution < -0.4 is 15.4 Å². The molecule has 1 aromatic carbocycles. The van der Waals surface area contributed by atoms with Crippen LogP contribution in [-0.2, 0) is 4.79 Å². The van der Waals surface area contributed by atoms with Crippen molar-refractivity contribution < 1.29 is 22.7 Å². The second-order valence-electron chi connectivity index (χ2n) is 4.80. The molecule has 0 bridgehead atoms. The first kappa shape index (κ1) is 17.3. The molecule has 0 aliphatic rings. The van der Waals surface area contributed by atoms with E-state index >= 15 is 0 Å². The lowest BCUT2D eigenvalue weighted by atomic mass is 10.2. The van der Waals surface area contributed by atoms with Gasteiger partial charge in [0.1, 0.15) is 0 Å². The standard InChI is InChI=1S/C14H19F3N2O2/c1-10(2)18-9-5-8-13(20)19-11-6-3-4-7-12(11)21-14(15,16)17/h3-4,6-7,10,18H,5,8-9H2,1-2H3,(H,19,20). The van der Waals surface area contributed by atoms with Crippen molar-refractivity contribution in [2.75, 3.05) is 11.9 Å². The van der Waals surface area contributed by atoms with E-state index in [9.17, 15) is 18.0 Å². The smallest absolute Gasteiger partial charge is 0.404 e. The van der Waals surface area contributed by atoms with Gasteiger partial charge in [-0.15, -0.1) is 13.2 Å². The van der Waals surface area contributed by atoms with Crippen molar-refractivity contribution in [3.05, 3.63) is 24.3 Å². The molecule has 1 rings (SSSR count). The SMILES string of the molecule is CC(C)NCCCC(=O)Nc1ccccc1OC(F)(F)F. The highest BCUT2D eigenvalue weighted by molar-refractivity contribution is 5.92. The van der Waals surface area contributed by atoms with Crippen molar-refractivity contribution in [1.29, 1.82) is 0 Å². The molecular weight excluding hydrogens is 285 g/mol. The highest BCUT2D eigenvalue weighted by Gasteiger charge is 2.32. The molecule has 0 radical (unpaired) electrons. The third kappa shape index (κ3) is 7.55. The Morgan fingerprint density at radius 3 is 2.57 bits per heavy atom. The average molecular weight is 304 g/mol. The van der Waals surface area contributed by atoms with Crippen molar-refractivity contribution in [2.24, 2.45) is 0 Å². The minimum atomic E-state index is -4.79. The highest BCUT2D eigenvalue weighted by Crippen LogP contribution is 2.29. The van der Waals surface area contributed by atoms with E-state index in [-0.39, 0.29) is 18.0 Å². The Balaban J connectivity index is 2.52. The second-order valence-corrected chi connectivity index (χ2v) is 4.80. The summed E-state index contributed by atoms with van der Waals surface area (Å²) >= 11 is 0. The number of rotatable bonds is 7. The fraction of sp³-hybridized carbons (Fsp3) is 0.500. The quantitative estimate of drug-likeness (QED) is 0.760. The fourth-order valence-corrected chi connectivity index (χ4v) is 1.64. The zero-order valence-electron chi connectivity index (χ0n) is 12.0. The number of halogens is 3. The molecule has 0 aliphatic heterocycles. The van der Waals surface area contributed by atoms with Crippen LogP contribution in [0.4, 0.5) is 18.9 Å². The van der Waals surface area contributed by atoms with Gasteiger partial charge in [0, 0.05) is 12.5 Å². The van der Waals surface area contributed by atoms with Gasteiger partial charge in [0.15, 0.2) is 5.75 Å². The van der Waals surface area contributed by atoms with Crippen LogP contribution in [0.2, 0.25) is 0 Å². The molecule has 0 atom stereocenters. The maximum atomic E-state index is 12.2. The Labute approximate surface area is 121 Å². The van der Waals surface area contributed by atoms with E-state index in [0.717, 1.165) is 6.07 Å². The molecule has 0 unspecified atom stereocenters. The number of alkyl halides is 3. The number of ether oxygens (including phenoxy) is 1. The number of para-hydroxylation sites is 2. The molecule has 118 valence electrons. The summed E-state index contributed by atoms with van der Waals surface area (Å²) < 4.78 is 40.6. The molecular formula is C14H19F3N2O2. The zero-order valence-corrected chi connectivity index (χ0v) is 12.0. The Morgan fingerprint density at radius 2 is 1.95 bits per heavy atom. The molecule has 1 amide bonds. The number of benzene rings is 1. The van der Waals surface area contributed by atoms with Crippen molar-refractivity contribution >= 4 is 11.6 Å². The summed E-state index contributed by atoms with van der Waals surface area (Å²) in [5.74, 6) is -0.766. The van der Waals surface area contributed by atoms with Crippen molar-refractivity contribution in [3.63, 3.8) is 0 Å². The molecule has 21 heavy (non-hydrogen) atoms. The van der Waals surface area contributed by atoms with Crippen LogP contribution in [0.3, 0.4) is 0 Å². The Kier molecular flexibility index (Phi) is 6.48. The number of hydrogen-bond acceptors (Lipinski definition) is 3. The molecule has 1 aromatic rings. The van der Waals surface area contributed by atoms with Crippen LogP contribution in [-0.4, -0.2) is 24.9 Å². The number of anilines is 1. The second kappa shape index (κ2) is 7.87. The van der Waals surface area contributed by atoms with E-state index in [1.807, 2.05) is 13.8 Å². The molecule has 0 heterocycles. The van der Waals surface area contributed by atoms with Gasteiger partial charge in [-0.25, -0.2) is 0 Å². The maximum absolute atomic E-state index is 12.2. The van der Waals surface area contributed by atoms with Crippen molar-refractivity contribution in [1.82, 2.24) is 5.32 Å². The van der Waals surface area contributed by atoms with E-state index in [0.29, 0.717) is 19.0 Å². The van der Waals surface area contributed by atoms with E-state index in [4.69, 9.17) is 0 Å². The average Bonchev–Trinajstić information content (AvgIpc) is 2.35. The van der Waals surface area contributed by atoms with Gasteiger partial charge in [0.2, 0.25) is 5.91 Å². The summed E-state index contributed by atoms with van der Waals surface area (Å²) in [6, 6.07) is 5.78. The van der Waals surface area contributed by atoms with Crippen LogP contribution in [0, 0.1) is 0 Å². The summed E-state index contributed by atoms with van der Waals surface area (Å²) in [5.41, 5.74) is 0.0108. The number of amides is 1. The molecule has 7 heteroatoms. The largest absolute Gasteiger partial charge is 0.573 e. The van der Waals surface area contributed by atoms with Crippen LogP contribution in [0.5, 0.6) is 5.75 Å². The monoisotopic (exact) mass is 304 g/mol. The summed E-state index contributed by atoms with van der Waals surface area (Å²) in [4.78, 5) is 11.7. The van der Waals surface area contributed by atoms with Crippen molar-refractivity contribution in [3.8, 4) is 5.75 Å². The van der Waals surface area contributed by atoms with E-state index in [2.05, 4.69) is 15.4 Å². The Bertz CT molecular complexity index is 462. The molecule has 0 saturated heterocycles. The number of carbonyl (C=O) groups excluding carboxylic acids is 1. The van der Waals surface area contributed by atoms with Crippen LogP contribution >= 0.6 is 0 Å². The van der Waals surface area contributed by atoms with Gasteiger partial charge in [0.05, 0.1) is 5.69 Å². The first-order chi connectivity index (χ1) is 9.78. The maximum Gasteiger partial charge on any atom is 0.573 e. The number of nitrogens with one attached hydrogen (secondary N) is 2. The minimum absolute atomic E-state index is 0.0108. The third-order valence-corrected chi connectivity index (χ3v) is 2.52. The van der Waals surface area contributed by atoms with E-state index in [1.165, 1.54) is 18.2 Å². The Hall–Kier alpha value is -1.76. The summed E-state index contributed by atoms with van der Waals surface area (Å²) in [5, 5.41) is 5.58. The lowest BCUT2D eigenvalue weighted by Crippen LogP contribution is -2.25. The lowest BCUT2D eigenvalue weighted by molar-refractivity contribution is -0.274. The van der Waals surface area contributed by atoms with Gasteiger partial charge >= 0.3 is 6.36 Å². The molecule has 0 saturated carbocycles. The molecule has 0 aliphatic carbocycles. The van der Waals surface area contributed by atoms with Gasteiger partial charge < -0.3 is 15.4 Å². The van der Waals surface area contributed by atoms with E-state index in [1.54, 1.807) is 0 Å². The zero-order chi connectivity index (χ0) is 15.9. The predicted molar refractivity (Wildman–Crippen MR) is 74.1 cm³/mol.